The summed E-state index contributed by atoms with van der Waals surface area (Å²) in [5, 5.41) is 6.93. The fourth-order valence-corrected chi connectivity index (χ4v) is 2.49. The first kappa shape index (κ1) is 13.6. The number of aromatic nitrogens is 3. The van der Waals surface area contributed by atoms with E-state index in [1.165, 1.54) is 12.8 Å². The van der Waals surface area contributed by atoms with E-state index in [1.54, 1.807) is 23.1 Å². The van der Waals surface area contributed by atoms with E-state index >= 15 is 0 Å². The van der Waals surface area contributed by atoms with Crippen molar-refractivity contribution in [1.29, 1.82) is 0 Å². The largest absolute Gasteiger partial charge is 0.357 e. The number of hydrogen-bond donors (Lipinski definition) is 1. The summed E-state index contributed by atoms with van der Waals surface area (Å²) >= 11 is 0. The molecule has 110 valence electrons. The quantitative estimate of drug-likeness (QED) is 0.896. The Balaban J connectivity index is 1.55. The second kappa shape index (κ2) is 6.39. The molecule has 3 heterocycles. The molecule has 2 aromatic heterocycles. The van der Waals surface area contributed by atoms with Crippen LogP contribution in [-0.2, 0) is 17.9 Å². The summed E-state index contributed by atoms with van der Waals surface area (Å²) in [7, 11) is 0. The number of carbonyl (C=O) groups excluding carboxylic acids is 1. The Morgan fingerprint density at radius 2 is 2.14 bits per heavy atom. The Morgan fingerprint density at radius 3 is 2.90 bits per heavy atom. The molecule has 0 saturated carbocycles. The first-order valence-electron chi connectivity index (χ1n) is 7.25. The summed E-state index contributed by atoms with van der Waals surface area (Å²) in [5.41, 5.74) is 1.07. The molecule has 0 aliphatic carbocycles. The standard InChI is InChI=1S/C15H19N5O/c21-15(12-20-9-3-5-18-20)17-11-13-4-6-16-14(10-13)19-7-1-2-8-19/h3-6,9-10H,1-2,7-8,11-12H2,(H,17,21). The monoisotopic (exact) mass is 285 g/mol. The summed E-state index contributed by atoms with van der Waals surface area (Å²) in [5.74, 6) is 0.963. The summed E-state index contributed by atoms with van der Waals surface area (Å²) in [6.45, 7) is 2.91. The lowest BCUT2D eigenvalue weighted by Gasteiger charge is -2.17. The molecule has 0 atom stereocenters. The zero-order valence-corrected chi connectivity index (χ0v) is 11.9. The Labute approximate surface area is 123 Å². The molecule has 21 heavy (non-hydrogen) atoms. The van der Waals surface area contributed by atoms with Gasteiger partial charge in [-0.05, 0) is 36.6 Å². The van der Waals surface area contributed by atoms with Gasteiger partial charge in [0.2, 0.25) is 5.91 Å². The van der Waals surface area contributed by atoms with E-state index < -0.39 is 0 Å². The highest BCUT2D eigenvalue weighted by molar-refractivity contribution is 5.75. The highest BCUT2D eigenvalue weighted by atomic mass is 16.2. The van der Waals surface area contributed by atoms with Gasteiger partial charge in [0, 0.05) is 38.2 Å². The summed E-state index contributed by atoms with van der Waals surface area (Å²) < 4.78 is 1.61. The van der Waals surface area contributed by atoms with Crippen LogP contribution in [0.15, 0.2) is 36.8 Å². The average molecular weight is 285 g/mol. The van der Waals surface area contributed by atoms with Crippen LogP contribution in [0, 0.1) is 0 Å². The maximum Gasteiger partial charge on any atom is 0.241 e. The molecule has 1 amide bonds. The average Bonchev–Trinajstić information content (AvgIpc) is 3.19. The van der Waals surface area contributed by atoms with E-state index in [-0.39, 0.29) is 12.5 Å². The molecular formula is C15H19N5O. The van der Waals surface area contributed by atoms with Crippen molar-refractivity contribution in [3.63, 3.8) is 0 Å². The highest BCUT2D eigenvalue weighted by Crippen LogP contribution is 2.18. The van der Waals surface area contributed by atoms with Crippen LogP contribution in [0.5, 0.6) is 0 Å². The smallest absolute Gasteiger partial charge is 0.241 e. The molecule has 1 aliphatic rings. The molecule has 0 radical (unpaired) electrons. The minimum absolute atomic E-state index is 0.0433. The van der Waals surface area contributed by atoms with Crippen LogP contribution < -0.4 is 10.2 Å². The van der Waals surface area contributed by atoms with Crippen molar-refractivity contribution in [3.05, 3.63) is 42.4 Å². The number of nitrogens with one attached hydrogen (secondary N) is 1. The van der Waals surface area contributed by atoms with Crippen molar-refractivity contribution in [2.45, 2.75) is 25.9 Å². The van der Waals surface area contributed by atoms with Gasteiger partial charge in [-0.2, -0.15) is 5.10 Å². The van der Waals surface area contributed by atoms with Gasteiger partial charge in [-0.1, -0.05) is 0 Å². The van der Waals surface area contributed by atoms with Crippen molar-refractivity contribution < 1.29 is 4.79 Å². The lowest BCUT2D eigenvalue weighted by molar-refractivity contribution is -0.122. The topological polar surface area (TPSA) is 63.1 Å². The Kier molecular flexibility index (Phi) is 4.14. The van der Waals surface area contributed by atoms with E-state index in [0.717, 1.165) is 24.5 Å². The van der Waals surface area contributed by atoms with Gasteiger partial charge in [0.1, 0.15) is 12.4 Å². The molecule has 6 nitrogen and oxygen atoms in total. The van der Waals surface area contributed by atoms with Gasteiger partial charge in [0.15, 0.2) is 0 Å². The number of rotatable bonds is 5. The maximum atomic E-state index is 11.8. The van der Waals surface area contributed by atoms with E-state index in [0.29, 0.717) is 6.54 Å². The summed E-state index contributed by atoms with van der Waals surface area (Å²) in [6.07, 6.45) is 7.71. The molecule has 1 saturated heterocycles. The van der Waals surface area contributed by atoms with Crippen molar-refractivity contribution in [2.24, 2.45) is 0 Å². The fraction of sp³-hybridized carbons (Fsp3) is 0.400. The Morgan fingerprint density at radius 1 is 1.29 bits per heavy atom. The third-order valence-electron chi connectivity index (χ3n) is 3.59. The van der Waals surface area contributed by atoms with Crippen molar-refractivity contribution >= 4 is 11.7 Å². The summed E-state index contributed by atoms with van der Waals surface area (Å²) in [4.78, 5) is 18.5. The third-order valence-corrected chi connectivity index (χ3v) is 3.59. The Hall–Kier alpha value is -2.37. The van der Waals surface area contributed by atoms with Crippen LogP contribution in [0.25, 0.3) is 0 Å². The number of nitrogens with zero attached hydrogens (tertiary/aromatic N) is 4. The number of hydrogen-bond acceptors (Lipinski definition) is 4. The van der Waals surface area contributed by atoms with Crippen molar-refractivity contribution in [3.8, 4) is 0 Å². The molecule has 3 rings (SSSR count). The third kappa shape index (κ3) is 3.59. The van der Waals surface area contributed by atoms with Gasteiger partial charge in [-0.3, -0.25) is 9.48 Å². The van der Waals surface area contributed by atoms with Crippen LogP contribution in [-0.4, -0.2) is 33.8 Å². The molecule has 1 fully saturated rings. The number of pyridine rings is 1. The number of amides is 1. The second-order valence-electron chi connectivity index (χ2n) is 5.20. The molecule has 2 aromatic rings. The minimum atomic E-state index is -0.0433. The van der Waals surface area contributed by atoms with E-state index in [2.05, 4.69) is 26.4 Å². The van der Waals surface area contributed by atoms with Crippen LogP contribution in [0.4, 0.5) is 5.82 Å². The molecule has 6 heteroatoms. The molecule has 1 N–H and O–H groups in total. The zero-order valence-electron chi connectivity index (χ0n) is 11.9. The van der Waals surface area contributed by atoms with Gasteiger partial charge in [-0.25, -0.2) is 4.98 Å². The zero-order chi connectivity index (χ0) is 14.5. The lowest BCUT2D eigenvalue weighted by Crippen LogP contribution is -2.27. The first-order valence-corrected chi connectivity index (χ1v) is 7.25. The van der Waals surface area contributed by atoms with Gasteiger partial charge in [0.25, 0.3) is 0 Å². The Bertz CT molecular complexity index is 590. The molecule has 0 unspecified atom stereocenters. The highest BCUT2D eigenvalue weighted by Gasteiger charge is 2.13. The van der Waals surface area contributed by atoms with E-state index in [1.807, 2.05) is 12.3 Å². The number of anilines is 1. The van der Waals surface area contributed by atoms with Gasteiger partial charge in [0.05, 0.1) is 0 Å². The van der Waals surface area contributed by atoms with Crippen LogP contribution >= 0.6 is 0 Å². The normalized spacial score (nSPS) is 14.4. The van der Waals surface area contributed by atoms with Crippen LogP contribution in [0.2, 0.25) is 0 Å². The maximum absolute atomic E-state index is 11.8. The van der Waals surface area contributed by atoms with Crippen LogP contribution in [0.3, 0.4) is 0 Å². The molecule has 1 aliphatic heterocycles. The number of carbonyl (C=O) groups is 1. The lowest BCUT2D eigenvalue weighted by atomic mass is 10.2. The SMILES string of the molecule is O=C(Cn1cccn1)NCc1ccnc(N2CCCC2)c1. The van der Waals surface area contributed by atoms with Crippen LogP contribution in [0.1, 0.15) is 18.4 Å². The van der Waals surface area contributed by atoms with E-state index in [4.69, 9.17) is 0 Å². The van der Waals surface area contributed by atoms with E-state index in [9.17, 15) is 4.79 Å². The first-order chi connectivity index (χ1) is 10.3. The summed E-state index contributed by atoms with van der Waals surface area (Å²) in [6, 6.07) is 5.80. The molecular weight excluding hydrogens is 266 g/mol. The molecule has 0 aromatic carbocycles. The van der Waals surface area contributed by atoms with Gasteiger partial charge >= 0.3 is 0 Å². The second-order valence-corrected chi connectivity index (χ2v) is 5.20. The predicted molar refractivity (Wildman–Crippen MR) is 79.8 cm³/mol. The fourth-order valence-electron chi connectivity index (χ4n) is 2.49. The van der Waals surface area contributed by atoms with Gasteiger partial charge < -0.3 is 10.2 Å². The minimum Gasteiger partial charge on any atom is -0.357 e. The predicted octanol–water partition coefficient (Wildman–Crippen LogP) is 1.19. The van der Waals surface area contributed by atoms with Gasteiger partial charge in [-0.15, -0.1) is 0 Å². The van der Waals surface area contributed by atoms with Crippen molar-refractivity contribution in [2.75, 3.05) is 18.0 Å². The van der Waals surface area contributed by atoms with Crippen molar-refractivity contribution in [1.82, 2.24) is 20.1 Å². The molecule has 0 spiro atoms. The molecule has 0 bridgehead atoms.